The lowest BCUT2D eigenvalue weighted by atomic mass is 10.2. The van der Waals surface area contributed by atoms with E-state index in [1.54, 1.807) is 48.7 Å². The molecule has 0 spiro atoms. The van der Waals surface area contributed by atoms with Gasteiger partial charge in [-0.1, -0.05) is 11.6 Å². The molecule has 5 nitrogen and oxygen atoms in total. The summed E-state index contributed by atoms with van der Waals surface area (Å²) in [6.45, 7) is 0. The van der Waals surface area contributed by atoms with Crippen LogP contribution in [0.4, 0.5) is 0 Å². The summed E-state index contributed by atoms with van der Waals surface area (Å²) in [6.07, 6.45) is 1.78. The van der Waals surface area contributed by atoms with E-state index in [2.05, 4.69) is 15.0 Å². The van der Waals surface area contributed by atoms with Crippen LogP contribution in [0.5, 0.6) is 11.5 Å². The highest BCUT2D eigenvalue weighted by Gasteiger charge is 2.08. The van der Waals surface area contributed by atoms with Gasteiger partial charge in [-0.2, -0.15) is 0 Å². The Morgan fingerprint density at radius 1 is 1.00 bits per heavy atom. The molecule has 118 valence electrons. The average molecular weight is 338 g/mol. The zero-order valence-corrected chi connectivity index (χ0v) is 13.2. The Balaban J connectivity index is 1.73. The van der Waals surface area contributed by atoms with Gasteiger partial charge in [-0.25, -0.2) is 4.98 Å². The monoisotopic (exact) mass is 337 g/mol. The Morgan fingerprint density at radius 2 is 1.79 bits per heavy atom. The number of fused-ring (bicyclic) bond motifs is 1. The first-order valence-corrected chi connectivity index (χ1v) is 7.68. The third-order valence-corrected chi connectivity index (χ3v) is 3.83. The molecule has 0 saturated carbocycles. The van der Waals surface area contributed by atoms with E-state index < -0.39 is 0 Å². The van der Waals surface area contributed by atoms with E-state index in [0.717, 1.165) is 5.69 Å². The number of nitrogens with zero attached hydrogens (tertiary/aromatic N) is 1. The van der Waals surface area contributed by atoms with Gasteiger partial charge in [-0.3, -0.25) is 4.79 Å². The maximum absolute atomic E-state index is 12.4. The first kappa shape index (κ1) is 14.5. The predicted molar refractivity (Wildman–Crippen MR) is 93.7 cm³/mol. The van der Waals surface area contributed by atoms with E-state index in [4.69, 9.17) is 16.3 Å². The number of H-pyrrole nitrogens is 2. The molecule has 6 heteroatoms. The molecule has 0 aliphatic carbocycles. The summed E-state index contributed by atoms with van der Waals surface area (Å²) in [4.78, 5) is 22.6. The van der Waals surface area contributed by atoms with Crippen LogP contribution in [0.15, 0.2) is 65.6 Å². The quantitative estimate of drug-likeness (QED) is 0.583. The Morgan fingerprint density at radius 3 is 2.54 bits per heavy atom. The van der Waals surface area contributed by atoms with Crippen LogP contribution in [0.3, 0.4) is 0 Å². The van der Waals surface area contributed by atoms with E-state index in [0.29, 0.717) is 33.2 Å². The highest BCUT2D eigenvalue weighted by molar-refractivity contribution is 6.30. The molecule has 0 atom stereocenters. The van der Waals surface area contributed by atoms with Gasteiger partial charge in [0.1, 0.15) is 11.5 Å². The second-order valence-corrected chi connectivity index (χ2v) is 5.67. The summed E-state index contributed by atoms with van der Waals surface area (Å²) in [5, 5.41) is 1.11. The van der Waals surface area contributed by atoms with Crippen molar-refractivity contribution in [3.8, 4) is 23.0 Å². The zero-order chi connectivity index (χ0) is 16.5. The third-order valence-electron chi connectivity index (χ3n) is 3.58. The Kier molecular flexibility index (Phi) is 3.55. The molecule has 0 amide bonds. The highest BCUT2D eigenvalue weighted by Crippen LogP contribution is 2.25. The van der Waals surface area contributed by atoms with Gasteiger partial charge in [-0.05, 0) is 54.6 Å². The first-order valence-electron chi connectivity index (χ1n) is 7.30. The summed E-state index contributed by atoms with van der Waals surface area (Å²) in [7, 11) is 0. The number of benzene rings is 2. The van der Waals surface area contributed by atoms with Gasteiger partial charge in [0.25, 0.3) is 5.56 Å². The van der Waals surface area contributed by atoms with Gasteiger partial charge in [0.2, 0.25) is 0 Å². The van der Waals surface area contributed by atoms with Crippen LogP contribution in [0.2, 0.25) is 5.02 Å². The maximum atomic E-state index is 12.4. The summed E-state index contributed by atoms with van der Waals surface area (Å²) in [6, 6.07) is 15.9. The molecule has 0 saturated heterocycles. The van der Waals surface area contributed by atoms with Crippen LogP contribution in [0, 0.1) is 0 Å². The largest absolute Gasteiger partial charge is 0.457 e. The number of aromatic nitrogens is 3. The minimum Gasteiger partial charge on any atom is -0.457 e. The van der Waals surface area contributed by atoms with E-state index in [1.807, 2.05) is 12.1 Å². The van der Waals surface area contributed by atoms with E-state index in [1.165, 1.54) is 0 Å². The molecule has 2 N–H and O–H groups in total. The lowest BCUT2D eigenvalue weighted by molar-refractivity contribution is 0.483. The Hall–Kier alpha value is -3.05. The van der Waals surface area contributed by atoms with Crippen LogP contribution in [0.1, 0.15) is 0 Å². The molecule has 0 unspecified atom stereocenters. The number of nitrogens with one attached hydrogen (secondary N) is 2. The predicted octanol–water partition coefficient (Wildman–Crippen LogP) is 4.36. The summed E-state index contributed by atoms with van der Waals surface area (Å²) >= 11 is 5.86. The van der Waals surface area contributed by atoms with Gasteiger partial charge in [0.05, 0.1) is 16.6 Å². The van der Waals surface area contributed by atoms with E-state index in [9.17, 15) is 4.79 Å². The molecule has 4 rings (SSSR count). The molecular weight excluding hydrogens is 326 g/mol. The fourth-order valence-corrected chi connectivity index (χ4v) is 2.55. The second kappa shape index (κ2) is 5.86. The van der Waals surface area contributed by atoms with Crippen LogP contribution < -0.4 is 10.3 Å². The molecule has 2 aromatic carbocycles. The van der Waals surface area contributed by atoms with Crippen molar-refractivity contribution in [2.24, 2.45) is 0 Å². The van der Waals surface area contributed by atoms with Crippen molar-refractivity contribution in [3.63, 3.8) is 0 Å². The lowest BCUT2D eigenvalue weighted by Crippen LogP contribution is -2.09. The minimum absolute atomic E-state index is 0.217. The highest BCUT2D eigenvalue weighted by atomic mass is 35.5. The standard InChI is InChI=1S/C18H12ClN3O2/c19-11-3-5-12(6-4-11)24-13-7-8-15-14(10-13)18(23)22-17(21-15)16-2-1-9-20-16/h1-10,20H,(H,21,22,23). The summed E-state index contributed by atoms with van der Waals surface area (Å²) in [5.74, 6) is 1.71. The Bertz CT molecular complexity index is 1050. The van der Waals surface area contributed by atoms with Crippen molar-refractivity contribution in [2.45, 2.75) is 0 Å². The smallest absolute Gasteiger partial charge is 0.259 e. The number of rotatable bonds is 3. The normalized spacial score (nSPS) is 10.9. The minimum atomic E-state index is -0.217. The molecule has 0 aliphatic rings. The molecule has 0 aliphatic heterocycles. The fraction of sp³-hybridized carbons (Fsp3) is 0. The zero-order valence-electron chi connectivity index (χ0n) is 12.4. The van der Waals surface area contributed by atoms with Crippen LogP contribution >= 0.6 is 11.6 Å². The third kappa shape index (κ3) is 2.77. The molecule has 24 heavy (non-hydrogen) atoms. The van der Waals surface area contributed by atoms with Gasteiger partial charge in [-0.15, -0.1) is 0 Å². The van der Waals surface area contributed by atoms with Crippen molar-refractivity contribution in [3.05, 3.63) is 76.2 Å². The molecule has 2 heterocycles. The molecule has 2 aromatic heterocycles. The maximum Gasteiger partial charge on any atom is 0.259 e. The van der Waals surface area contributed by atoms with Gasteiger partial charge in [0.15, 0.2) is 5.82 Å². The van der Waals surface area contributed by atoms with E-state index in [-0.39, 0.29) is 5.56 Å². The van der Waals surface area contributed by atoms with Crippen molar-refractivity contribution >= 4 is 22.5 Å². The molecule has 0 radical (unpaired) electrons. The number of hydrogen-bond donors (Lipinski definition) is 2. The summed E-state index contributed by atoms with van der Waals surface area (Å²) in [5.41, 5.74) is 1.15. The van der Waals surface area contributed by atoms with Gasteiger partial charge >= 0.3 is 0 Å². The summed E-state index contributed by atoms with van der Waals surface area (Å²) < 4.78 is 5.75. The fourth-order valence-electron chi connectivity index (χ4n) is 2.43. The van der Waals surface area contributed by atoms with Gasteiger partial charge < -0.3 is 14.7 Å². The SMILES string of the molecule is O=c1[nH]c(-c2ccc[nH]2)nc2ccc(Oc3ccc(Cl)cc3)cc12. The van der Waals surface area contributed by atoms with Gasteiger partial charge in [0, 0.05) is 11.2 Å². The Labute approximate surface area is 141 Å². The van der Waals surface area contributed by atoms with Crippen molar-refractivity contribution < 1.29 is 4.74 Å². The number of hydrogen-bond acceptors (Lipinski definition) is 3. The number of ether oxygens (including phenoxy) is 1. The average Bonchev–Trinajstić information content (AvgIpc) is 3.12. The molecule has 4 aromatic rings. The van der Waals surface area contributed by atoms with Crippen molar-refractivity contribution in [1.82, 2.24) is 15.0 Å². The molecule has 0 bridgehead atoms. The number of halogens is 1. The molecular formula is C18H12ClN3O2. The van der Waals surface area contributed by atoms with Crippen LogP contribution in [-0.2, 0) is 0 Å². The molecule has 0 fully saturated rings. The van der Waals surface area contributed by atoms with Crippen molar-refractivity contribution in [1.29, 1.82) is 0 Å². The van der Waals surface area contributed by atoms with E-state index >= 15 is 0 Å². The topological polar surface area (TPSA) is 70.8 Å². The number of aromatic amines is 2. The lowest BCUT2D eigenvalue weighted by Gasteiger charge is -2.07. The second-order valence-electron chi connectivity index (χ2n) is 5.23. The van der Waals surface area contributed by atoms with Crippen LogP contribution in [-0.4, -0.2) is 15.0 Å². The van der Waals surface area contributed by atoms with Crippen LogP contribution in [0.25, 0.3) is 22.4 Å². The van der Waals surface area contributed by atoms with Crippen molar-refractivity contribution in [2.75, 3.05) is 0 Å². The first-order chi connectivity index (χ1) is 11.7.